The minimum absolute atomic E-state index is 0.715. The highest BCUT2D eigenvalue weighted by Crippen LogP contribution is 2.18. The van der Waals surface area contributed by atoms with E-state index in [0.29, 0.717) is 6.61 Å². The maximum Gasteiger partial charge on any atom is 0.123 e. The monoisotopic (exact) mass is 255 g/mol. The van der Waals surface area contributed by atoms with Crippen molar-refractivity contribution in [1.82, 2.24) is 5.32 Å². The zero-order valence-electron chi connectivity index (χ0n) is 11.4. The Morgan fingerprint density at radius 2 is 1.68 bits per heavy atom. The number of hydrogen-bond donors (Lipinski definition) is 1. The number of rotatable bonds is 7. The molecule has 2 aromatic rings. The molecule has 0 aromatic heterocycles. The minimum atomic E-state index is 0.715. The summed E-state index contributed by atoms with van der Waals surface area (Å²) in [7, 11) is 0. The SMILES string of the molecule is CCNCc1ccccc1OCCc1ccccc1. The zero-order valence-corrected chi connectivity index (χ0v) is 11.4. The summed E-state index contributed by atoms with van der Waals surface area (Å²) >= 11 is 0. The number of hydrogen-bond acceptors (Lipinski definition) is 2. The van der Waals surface area contributed by atoms with Crippen LogP contribution in [0.3, 0.4) is 0 Å². The molecule has 0 saturated carbocycles. The molecule has 0 saturated heterocycles. The van der Waals surface area contributed by atoms with Crippen LogP contribution < -0.4 is 10.1 Å². The van der Waals surface area contributed by atoms with Crippen LogP contribution >= 0.6 is 0 Å². The summed E-state index contributed by atoms with van der Waals surface area (Å²) in [4.78, 5) is 0. The van der Waals surface area contributed by atoms with Crippen molar-refractivity contribution in [3.8, 4) is 5.75 Å². The lowest BCUT2D eigenvalue weighted by Crippen LogP contribution is -2.13. The Balaban J connectivity index is 1.88. The molecule has 0 spiro atoms. The van der Waals surface area contributed by atoms with Gasteiger partial charge >= 0.3 is 0 Å². The third kappa shape index (κ3) is 4.42. The second-order valence-electron chi connectivity index (χ2n) is 4.47. The quantitative estimate of drug-likeness (QED) is 0.818. The lowest BCUT2D eigenvalue weighted by atomic mass is 10.1. The fourth-order valence-electron chi connectivity index (χ4n) is 1.97. The number of nitrogens with one attached hydrogen (secondary N) is 1. The van der Waals surface area contributed by atoms with Gasteiger partial charge in [0.2, 0.25) is 0 Å². The molecule has 0 atom stereocenters. The van der Waals surface area contributed by atoms with Gasteiger partial charge in [0.15, 0.2) is 0 Å². The first-order chi connectivity index (χ1) is 9.40. The van der Waals surface area contributed by atoms with E-state index in [-0.39, 0.29) is 0 Å². The van der Waals surface area contributed by atoms with Crippen molar-refractivity contribution in [2.45, 2.75) is 19.9 Å². The van der Waals surface area contributed by atoms with Crippen LogP contribution in [0.25, 0.3) is 0 Å². The van der Waals surface area contributed by atoms with Crippen molar-refractivity contribution >= 4 is 0 Å². The molecule has 0 aliphatic heterocycles. The Bertz CT molecular complexity index is 482. The normalized spacial score (nSPS) is 10.4. The Labute approximate surface area is 115 Å². The fraction of sp³-hybridized carbons (Fsp3) is 0.294. The Hall–Kier alpha value is -1.80. The van der Waals surface area contributed by atoms with E-state index < -0.39 is 0 Å². The maximum atomic E-state index is 5.90. The highest BCUT2D eigenvalue weighted by molar-refractivity contribution is 5.33. The van der Waals surface area contributed by atoms with Crippen LogP contribution in [0.1, 0.15) is 18.1 Å². The lowest BCUT2D eigenvalue weighted by molar-refractivity contribution is 0.318. The van der Waals surface area contributed by atoms with Gasteiger partial charge in [-0.1, -0.05) is 55.5 Å². The van der Waals surface area contributed by atoms with Gasteiger partial charge < -0.3 is 10.1 Å². The first-order valence-electron chi connectivity index (χ1n) is 6.85. The van der Waals surface area contributed by atoms with E-state index in [9.17, 15) is 0 Å². The molecule has 0 amide bonds. The summed E-state index contributed by atoms with van der Waals surface area (Å²) in [5.74, 6) is 0.986. The molecule has 100 valence electrons. The van der Waals surface area contributed by atoms with Gasteiger partial charge in [-0.15, -0.1) is 0 Å². The standard InChI is InChI=1S/C17H21NO/c1-2-18-14-16-10-6-7-11-17(16)19-13-12-15-8-4-3-5-9-15/h3-11,18H,2,12-14H2,1H3. The molecule has 2 aromatic carbocycles. The topological polar surface area (TPSA) is 21.3 Å². The lowest BCUT2D eigenvalue weighted by Gasteiger charge is -2.11. The van der Waals surface area contributed by atoms with Crippen molar-refractivity contribution in [3.63, 3.8) is 0 Å². The van der Waals surface area contributed by atoms with Gasteiger partial charge in [0.1, 0.15) is 5.75 Å². The van der Waals surface area contributed by atoms with Crippen molar-refractivity contribution in [2.75, 3.05) is 13.2 Å². The predicted octanol–water partition coefficient (Wildman–Crippen LogP) is 3.42. The maximum absolute atomic E-state index is 5.90. The van der Waals surface area contributed by atoms with Crippen molar-refractivity contribution in [2.24, 2.45) is 0 Å². The van der Waals surface area contributed by atoms with Gasteiger partial charge in [-0.3, -0.25) is 0 Å². The molecule has 2 nitrogen and oxygen atoms in total. The van der Waals surface area contributed by atoms with Gasteiger partial charge in [-0.2, -0.15) is 0 Å². The van der Waals surface area contributed by atoms with Gasteiger partial charge in [-0.25, -0.2) is 0 Å². The molecular formula is C17H21NO. The molecular weight excluding hydrogens is 234 g/mol. The summed E-state index contributed by atoms with van der Waals surface area (Å²) in [6.45, 7) is 4.66. The molecule has 0 unspecified atom stereocenters. The molecule has 1 N–H and O–H groups in total. The van der Waals surface area contributed by atoms with Gasteiger partial charge in [-0.05, 0) is 18.2 Å². The van der Waals surface area contributed by atoms with Crippen LogP contribution in [0.5, 0.6) is 5.75 Å². The molecule has 2 rings (SSSR count). The molecule has 2 heteroatoms. The number of para-hydroxylation sites is 1. The van der Waals surface area contributed by atoms with Gasteiger partial charge in [0.05, 0.1) is 6.61 Å². The Morgan fingerprint density at radius 3 is 2.47 bits per heavy atom. The minimum Gasteiger partial charge on any atom is -0.493 e. The van der Waals surface area contributed by atoms with E-state index in [1.54, 1.807) is 0 Å². The van der Waals surface area contributed by atoms with E-state index in [4.69, 9.17) is 4.74 Å². The molecule has 0 aliphatic carbocycles. The van der Waals surface area contributed by atoms with Crippen molar-refractivity contribution in [3.05, 3.63) is 65.7 Å². The van der Waals surface area contributed by atoms with E-state index in [1.165, 1.54) is 11.1 Å². The zero-order chi connectivity index (χ0) is 13.3. The van der Waals surface area contributed by atoms with E-state index in [0.717, 1.165) is 25.3 Å². The summed E-state index contributed by atoms with van der Waals surface area (Å²) in [5.41, 5.74) is 2.53. The molecule has 19 heavy (non-hydrogen) atoms. The average Bonchev–Trinajstić information content (AvgIpc) is 2.47. The van der Waals surface area contributed by atoms with Crippen LogP contribution in [-0.4, -0.2) is 13.2 Å². The summed E-state index contributed by atoms with van der Waals surface area (Å²) in [5, 5.41) is 3.33. The van der Waals surface area contributed by atoms with E-state index in [1.807, 2.05) is 18.2 Å². The van der Waals surface area contributed by atoms with E-state index >= 15 is 0 Å². The first kappa shape index (κ1) is 13.6. The van der Waals surface area contributed by atoms with Crippen LogP contribution in [-0.2, 0) is 13.0 Å². The van der Waals surface area contributed by atoms with Gasteiger partial charge in [0.25, 0.3) is 0 Å². The Morgan fingerprint density at radius 1 is 0.947 bits per heavy atom. The first-order valence-corrected chi connectivity index (χ1v) is 6.85. The van der Waals surface area contributed by atoms with Crippen molar-refractivity contribution < 1.29 is 4.74 Å². The molecule has 0 heterocycles. The third-order valence-corrected chi connectivity index (χ3v) is 3.03. The highest BCUT2D eigenvalue weighted by atomic mass is 16.5. The fourth-order valence-corrected chi connectivity index (χ4v) is 1.97. The van der Waals surface area contributed by atoms with Crippen molar-refractivity contribution in [1.29, 1.82) is 0 Å². The van der Waals surface area contributed by atoms with Gasteiger partial charge in [0, 0.05) is 18.5 Å². The Kier molecular flexibility index (Phi) is 5.45. The highest BCUT2D eigenvalue weighted by Gasteiger charge is 2.02. The van der Waals surface area contributed by atoms with E-state index in [2.05, 4.69) is 48.6 Å². The second kappa shape index (κ2) is 7.59. The molecule has 0 radical (unpaired) electrons. The number of benzene rings is 2. The third-order valence-electron chi connectivity index (χ3n) is 3.03. The largest absolute Gasteiger partial charge is 0.493 e. The summed E-state index contributed by atoms with van der Waals surface area (Å²) < 4.78 is 5.90. The predicted molar refractivity (Wildman–Crippen MR) is 79.5 cm³/mol. The van der Waals surface area contributed by atoms with Crippen LogP contribution in [0.2, 0.25) is 0 Å². The molecule has 0 fully saturated rings. The van der Waals surface area contributed by atoms with Crippen LogP contribution in [0.4, 0.5) is 0 Å². The summed E-state index contributed by atoms with van der Waals surface area (Å²) in [6.07, 6.45) is 0.941. The number of ether oxygens (including phenoxy) is 1. The second-order valence-corrected chi connectivity index (χ2v) is 4.47. The average molecular weight is 255 g/mol. The molecule has 0 aliphatic rings. The van der Waals surface area contributed by atoms with Crippen LogP contribution in [0, 0.1) is 0 Å². The van der Waals surface area contributed by atoms with Crippen LogP contribution in [0.15, 0.2) is 54.6 Å². The molecule has 0 bridgehead atoms. The smallest absolute Gasteiger partial charge is 0.123 e. The summed E-state index contributed by atoms with van der Waals surface area (Å²) in [6, 6.07) is 18.7.